The van der Waals surface area contributed by atoms with E-state index in [0.717, 1.165) is 37.8 Å². The number of nitrogens with one attached hydrogen (secondary N) is 1. The number of hydrogen-bond donors (Lipinski definition) is 1. The summed E-state index contributed by atoms with van der Waals surface area (Å²) in [4.78, 5) is 11.1. The minimum Gasteiger partial charge on any atom is -0.316 e. The van der Waals surface area contributed by atoms with Gasteiger partial charge in [0.1, 0.15) is 5.78 Å². The van der Waals surface area contributed by atoms with Gasteiger partial charge in [-0.2, -0.15) is 0 Å². The van der Waals surface area contributed by atoms with Crippen LogP contribution in [0.15, 0.2) is 0 Å². The second kappa shape index (κ2) is 2.59. The minimum absolute atomic E-state index is 0.395. The second-order valence-corrected chi connectivity index (χ2v) is 3.96. The predicted octanol–water partition coefficient (Wildman–Crippen LogP) is 0.821. The Bertz CT molecular complexity index is 166. The van der Waals surface area contributed by atoms with E-state index in [2.05, 4.69) is 5.32 Å². The summed E-state index contributed by atoms with van der Waals surface area (Å²) in [5.41, 5.74) is 0. The van der Waals surface area contributed by atoms with E-state index in [4.69, 9.17) is 0 Å². The van der Waals surface area contributed by atoms with Gasteiger partial charge in [0.2, 0.25) is 0 Å². The summed E-state index contributed by atoms with van der Waals surface area (Å²) < 4.78 is 0. The van der Waals surface area contributed by atoms with Crippen molar-refractivity contribution in [2.75, 3.05) is 13.1 Å². The molecule has 1 heterocycles. The Hall–Kier alpha value is -0.370. The Balaban J connectivity index is 1.99. The number of fused-ring (bicyclic) bond motifs is 1. The van der Waals surface area contributed by atoms with Gasteiger partial charge in [-0.25, -0.2) is 0 Å². The molecule has 2 rings (SSSR count). The number of hydrogen-bond acceptors (Lipinski definition) is 2. The van der Waals surface area contributed by atoms with Crippen LogP contribution in [-0.2, 0) is 4.79 Å². The highest BCUT2D eigenvalue weighted by molar-refractivity contribution is 5.78. The van der Waals surface area contributed by atoms with E-state index in [1.807, 2.05) is 0 Å². The fourth-order valence-corrected chi connectivity index (χ4v) is 2.50. The summed E-state index contributed by atoms with van der Waals surface area (Å²) in [7, 11) is 0. The first kappa shape index (κ1) is 7.29. The Morgan fingerprint density at radius 2 is 1.82 bits per heavy atom. The molecule has 0 aromatic heterocycles. The Morgan fingerprint density at radius 3 is 2.27 bits per heavy atom. The molecule has 62 valence electrons. The SMILES string of the molecule is CC(=O)C1C[C@H]2CNC[C@H]2C1. The van der Waals surface area contributed by atoms with Crippen molar-refractivity contribution in [1.82, 2.24) is 5.32 Å². The molecule has 1 saturated carbocycles. The molecule has 2 heteroatoms. The van der Waals surface area contributed by atoms with Gasteiger partial charge in [-0.3, -0.25) is 4.79 Å². The van der Waals surface area contributed by atoms with Gasteiger partial charge >= 0.3 is 0 Å². The zero-order valence-corrected chi connectivity index (χ0v) is 6.97. The van der Waals surface area contributed by atoms with E-state index in [0.29, 0.717) is 11.7 Å². The fourth-order valence-electron chi connectivity index (χ4n) is 2.50. The number of carbonyl (C=O) groups excluding carboxylic acids is 1. The van der Waals surface area contributed by atoms with Crippen LogP contribution in [0.2, 0.25) is 0 Å². The second-order valence-electron chi connectivity index (χ2n) is 3.96. The monoisotopic (exact) mass is 153 g/mol. The van der Waals surface area contributed by atoms with Gasteiger partial charge < -0.3 is 5.32 Å². The summed E-state index contributed by atoms with van der Waals surface area (Å²) in [6.07, 6.45) is 2.29. The Kier molecular flexibility index (Phi) is 1.72. The Labute approximate surface area is 67.4 Å². The van der Waals surface area contributed by atoms with E-state index >= 15 is 0 Å². The molecule has 2 aliphatic rings. The van der Waals surface area contributed by atoms with Crippen molar-refractivity contribution in [2.45, 2.75) is 19.8 Å². The normalized spacial score (nSPS) is 42.5. The average Bonchev–Trinajstić information content (AvgIpc) is 2.40. The molecule has 3 atom stereocenters. The van der Waals surface area contributed by atoms with Crippen LogP contribution in [0.3, 0.4) is 0 Å². The molecule has 2 nitrogen and oxygen atoms in total. The van der Waals surface area contributed by atoms with Gasteiger partial charge in [-0.15, -0.1) is 0 Å². The predicted molar refractivity (Wildman–Crippen MR) is 43.3 cm³/mol. The van der Waals surface area contributed by atoms with E-state index in [1.165, 1.54) is 0 Å². The molecule has 0 aromatic rings. The van der Waals surface area contributed by atoms with Gasteiger partial charge in [0.15, 0.2) is 0 Å². The largest absolute Gasteiger partial charge is 0.316 e. The molecule has 1 unspecified atom stereocenters. The zero-order valence-electron chi connectivity index (χ0n) is 6.97. The van der Waals surface area contributed by atoms with E-state index in [-0.39, 0.29) is 0 Å². The van der Waals surface area contributed by atoms with Gasteiger partial charge in [-0.1, -0.05) is 0 Å². The standard InChI is InChI=1S/C9H15NO/c1-6(11)7-2-8-4-10-5-9(8)3-7/h7-10H,2-5H2,1H3/t7?,8-,9+. The lowest BCUT2D eigenvalue weighted by atomic mass is 10.0. The first-order valence-electron chi connectivity index (χ1n) is 4.48. The minimum atomic E-state index is 0.395. The van der Waals surface area contributed by atoms with Gasteiger partial charge in [0, 0.05) is 5.92 Å². The average molecular weight is 153 g/mol. The van der Waals surface area contributed by atoms with Crippen molar-refractivity contribution in [1.29, 1.82) is 0 Å². The van der Waals surface area contributed by atoms with Crippen LogP contribution in [0, 0.1) is 17.8 Å². The number of carbonyl (C=O) groups is 1. The van der Waals surface area contributed by atoms with Crippen LogP contribution in [0.1, 0.15) is 19.8 Å². The smallest absolute Gasteiger partial charge is 0.132 e. The maximum absolute atomic E-state index is 11.1. The fraction of sp³-hybridized carbons (Fsp3) is 0.889. The lowest BCUT2D eigenvalue weighted by molar-refractivity contribution is -0.120. The molecule has 0 amide bonds. The van der Waals surface area contributed by atoms with E-state index in [1.54, 1.807) is 6.92 Å². The van der Waals surface area contributed by atoms with Crippen LogP contribution in [0.4, 0.5) is 0 Å². The van der Waals surface area contributed by atoms with Crippen molar-refractivity contribution in [3.05, 3.63) is 0 Å². The molecule has 0 bridgehead atoms. The van der Waals surface area contributed by atoms with Crippen molar-refractivity contribution in [2.24, 2.45) is 17.8 Å². The Morgan fingerprint density at radius 1 is 1.27 bits per heavy atom. The van der Waals surface area contributed by atoms with Crippen LogP contribution in [-0.4, -0.2) is 18.9 Å². The molecule has 11 heavy (non-hydrogen) atoms. The molecule has 0 spiro atoms. The summed E-state index contributed by atoms with van der Waals surface area (Å²) >= 11 is 0. The summed E-state index contributed by atoms with van der Waals surface area (Å²) in [5, 5.41) is 3.37. The molecule has 0 aromatic carbocycles. The first-order chi connectivity index (χ1) is 5.27. The van der Waals surface area contributed by atoms with Gasteiger partial charge in [-0.05, 0) is 44.7 Å². The van der Waals surface area contributed by atoms with Crippen LogP contribution >= 0.6 is 0 Å². The zero-order chi connectivity index (χ0) is 7.84. The maximum atomic E-state index is 11.1. The van der Waals surface area contributed by atoms with Crippen molar-refractivity contribution >= 4 is 5.78 Å². The van der Waals surface area contributed by atoms with E-state index < -0.39 is 0 Å². The molecule has 1 aliphatic heterocycles. The highest BCUT2D eigenvalue weighted by atomic mass is 16.1. The summed E-state index contributed by atoms with van der Waals surface area (Å²) in [6.45, 7) is 4.03. The number of ketones is 1. The quantitative estimate of drug-likeness (QED) is 0.604. The maximum Gasteiger partial charge on any atom is 0.132 e. The highest BCUT2D eigenvalue weighted by Crippen LogP contribution is 2.38. The third-order valence-electron chi connectivity index (χ3n) is 3.23. The molecule has 2 fully saturated rings. The summed E-state index contributed by atoms with van der Waals surface area (Å²) in [5.74, 6) is 2.42. The number of rotatable bonds is 1. The van der Waals surface area contributed by atoms with Crippen molar-refractivity contribution in [3.63, 3.8) is 0 Å². The third kappa shape index (κ3) is 1.20. The molecule has 1 saturated heterocycles. The molecule has 0 radical (unpaired) electrons. The van der Waals surface area contributed by atoms with Crippen LogP contribution in [0.25, 0.3) is 0 Å². The van der Waals surface area contributed by atoms with Gasteiger partial charge in [0.05, 0.1) is 0 Å². The van der Waals surface area contributed by atoms with Crippen LogP contribution in [0.5, 0.6) is 0 Å². The molecule has 1 N–H and O–H groups in total. The number of Topliss-reactive ketones (excluding diaryl/α,β-unsaturated/α-hetero) is 1. The summed E-state index contributed by atoms with van der Waals surface area (Å²) in [6, 6.07) is 0. The molecular weight excluding hydrogens is 138 g/mol. The van der Waals surface area contributed by atoms with E-state index in [9.17, 15) is 4.79 Å². The third-order valence-corrected chi connectivity index (χ3v) is 3.23. The molecular formula is C9H15NO. The van der Waals surface area contributed by atoms with Gasteiger partial charge in [0.25, 0.3) is 0 Å². The highest BCUT2D eigenvalue weighted by Gasteiger charge is 2.38. The van der Waals surface area contributed by atoms with Crippen molar-refractivity contribution < 1.29 is 4.79 Å². The van der Waals surface area contributed by atoms with Crippen LogP contribution < -0.4 is 5.32 Å². The molecule has 1 aliphatic carbocycles. The lowest BCUT2D eigenvalue weighted by Crippen LogP contribution is -2.15. The first-order valence-corrected chi connectivity index (χ1v) is 4.48. The topological polar surface area (TPSA) is 29.1 Å². The lowest BCUT2D eigenvalue weighted by Gasteiger charge is -2.05. The van der Waals surface area contributed by atoms with Crippen molar-refractivity contribution in [3.8, 4) is 0 Å².